The molecule has 0 atom stereocenters. The fourth-order valence-electron chi connectivity index (χ4n) is 2.07. The lowest BCUT2D eigenvalue weighted by atomic mass is 10.3. The number of carbonyl (C=O) groups is 5. The Morgan fingerprint density at radius 3 is 2.28 bits per heavy atom. The van der Waals surface area contributed by atoms with E-state index in [4.69, 9.17) is 4.74 Å². The van der Waals surface area contributed by atoms with E-state index in [0.29, 0.717) is 15.5 Å². The minimum atomic E-state index is -1.17. The zero-order valence-electron chi connectivity index (χ0n) is 13.5. The fraction of sp³-hybridized carbons (Fsp3) is 0.267. The number of carbonyl (C=O) groups excluding carboxylic acids is 5. The van der Waals surface area contributed by atoms with Crippen LogP contribution in [0.3, 0.4) is 0 Å². The summed E-state index contributed by atoms with van der Waals surface area (Å²) in [5, 5.41) is 1.84. The van der Waals surface area contributed by atoms with Gasteiger partial charge < -0.3 is 9.47 Å². The van der Waals surface area contributed by atoms with E-state index in [1.165, 1.54) is 31.4 Å². The maximum Gasteiger partial charge on any atom is 0.413 e. The second-order valence-electron chi connectivity index (χ2n) is 4.78. The van der Waals surface area contributed by atoms with Gasteiger partial charge in [-0.05, 0) is 31.2 Å². The second-order valence-corrected chi connectivity index (χ2v) is 4.78. The Morgan fingerprint density at radius 2 is 1.72 bits per heavy atom. The van der Waals surface area contributed by atoms with E-state index in [0.717, 1.165) is 0 Å². The number of nitrogens with one attached hydrogen (secondary N) is 1. The van der Waals surface area contributed by atoms with Crippen molar-refractivity contribution in [2.24, 2.45) is 0 Å². The predicted molar refractivity (Wildman–Crippen MR) is 82.8 cm³/mol. The molecule has 6 amide bonds. The number of benzene rings is 1. The van der Waals surface area contributed by atoms with Gasteiger partial charge in [-0.2, -0.15) is 0 Å². The number of alkyl carbamates (subject to hydrolysis) is 1. The Morgan fingerprint density at radius 1 is 1.08 bits per heavy atom. The molecule has 0 aromatic heterocycles. The summed E-state index contributed by atoms with van der Waals surface area (Å²) >= 11 is 0. The van der Waals surface area contributed by atoms with Crippen LogP contribution in [-0.4, -0.2) is 55.0 Å². The molecule has 2 rings (SSSR count). The van der Waals surface area contributed by atoms with Gasteiger partial charge in [0.2, 0.25) is 5.91 Å². The maximum absolute atomic E-state index is 12.3. The Labute approximate surface area is 142 Å². The average Bonchev–Trinajstić information content (AvgIpc) is 2.79. The van der Waals surface area contributed by atoms with Gasteiger partial charge in [-0.1, -0.05) is 0 Å². The van der Waals surface area contributed by atoms with Gasteiger partial charge in [-0.25, -0.2) is 19.4 Å². The molecule has 0 saturated carbocycles. The van der Waals surface area contributed by atoms with Crippen molar-refractivity contribution in [3.8, 4) is 5.75 Å². The van der Waals surface area contributed by atoms with E-state index >= 15 is 0 Å². The highest BCUT2D eigenvalue weighted by Gasteiger charge is 2.46. The van der Waals surface area contributed by atoms with Crippen LogP contribution in [0.15, 0.2) is 24.3 Å². The fourth-order valence-corrected chi connectivity index (χ4v) is 2.07. The van der Waals surface area contributed by atoms with Gasteiger partial charge in [0.1, 0.15) is 12.3 Å². The predicted octanol–water partition coefficient (Wildman–Crippen LogP) is 0.263. The third-order valence-electron chi connectivity index (χ3n) is 3.20. The normalized spacial score (nSPS) is 13.9. The summed E-state index contributed by atoms with van der Waals surface area (Å²) in [7, 11) is 1.45. The smallest absolute Gasteiger partial charge is 0.413 e. The molecule has 10 nitrogen and oxygen atoms in total. The lowest BCUT2D eigenvalue weighted by Crippen LogP contribution is -2.43. The number of hydrogen-bond acceptors (Lipinski definition) is 7. The molecule has 0 bridgehead atoms. The molecule has 1 aliphatic heterocycles. The van der Waals surface area contributed by atoms with Crippen molar-refractivity contribution in [2.75, 3.05) is 25.2 Å². The Hall–Kier alpha value is -3.43. The average molecular weight is 349 g/mol. The SMILES string of the molecule is CCOC(=O)NC(=O)CN1C(=O)C(=O)N(c2ccc(OC)cc2)C1=O. The summed E-state index contributed by atoms with van der Waals surface area (Å²) in [5.41, 5.74) is 0.150. The van der Waals surface area contributed by atoms with E-state index in [-0.39, 0.29) is 12.3 Å². The number of amides is 6. The van der Waals surface area contributed by atoms with Crippen molar-refractivity contribution in [3.05, 3.63) is 24.3 Å². The first-order chi connectivity index (χ1) is 11.9. The molecular formula is C15H15N3O7. The lowest BCUT2D eigenvalue weighted by Gasteiger charge is -2.15. The van der Waals surface area contributed by atoms with Crippen LogP contribution in [0.5, 0.6) is 5.75 Å². The largest absolute Gasteiger partial charge is 0.497 e. The van der Waals surface area contributed by atoms with Crippen LogP contribution in [0.2, 0.25) is 0 Å². The summed E-state index contributed by atoms with van der Waals surface area (Å²) in [4.78, 5) is 60.3. The number of nitrogens with zero attached hydrogens (tertiary/aromatic N) is 2. The molecule has 1 fully saturated rings. The van der Waals surface area contributed by atoms with Crippen LogP contribution < -0.4 is 15.0 Å². The summed E-state index contributed by atoms with van der Waals surface area (Å²) in [6.45, 7) is 0.808. The molecule has 25 heavy (non-hydrogen) atoms. The van der Waals surface area contributed by atoms with E-state index in [1.54, 1.807) is 6.92 Å². The number of hydrogen-bond donors (Lipinski definition) is 1. The molecular weight excluding hydrogens is 334 g/mol. The molecule has 1 heterocycles. The van der Waals surface area contributed by atoms with Gasteiger partial charge in [0.25, 0.3) is 0 Å². The van der Waals surface area contributed by atoms with Crippen molar-refractivity contribution in [2.45, 2.75) is 6.92 Å². The highest BCUT2D eigenvalue weighted by atomic mass is 16.5. The molecule has 1 N–H and O–H groups in total. The zero-order valence-corrected chi connectivity index (χ0v) is 13.5. The third-order valence-corrected chi connectivity index (χ3v) is 3.20. The molecule has 10 heteroatoms. The molecule has 0 unspecified atom stereocenters. The van der Waals surface area contributed by atoms with Gasteiger partial charge in [-0.15, -0.1) is 0 Å². The molecule has 132 valence electrons. The zero-order chi connectivity index (χ0) is 18.6. The monoisotopic (exact) mass is 349 g/mol. The third kappa shape index (κ3) is 3.74. The first kappa shape index (κ1) is 17.9. The van der Waals surface area contributed by atoms with Gasteiger partial charge >= 0.3 is 23.9 Å². The van der Waals surface area contributed by atoms with E-state index < -0.39 is 36.4 Å². The summed E-state index contributed by atoms with van der Waals surface area (Å²) in [6.07, 6.45) is -1.01. The van der Waals surface area contributed by atoms with Crippen LogP contribution in [-0.2, 0) is 19.1 Å². The number of anilines is 1. The Bertz CT molecular complexity index is 729. The molecule has 1 aromatic carbocycles. The molecule has 1 aliphatic rings. The van der Waals surface area contributed by atoms with Crippen molar-refractivity contribution in [3.63, 3.8) is 0 Å². The Balaban J connectivity index is 2.12. The highest BCUT2D eigenvalue weighted by molar-refractivity contribution is 6.53. The number of ether oxygens (including phenoxy) is 2. The maximum atomic E-state index is 12.3. The molecule has 0 aliphatic carbocycles. The first-order valence-corrected chi connectivity index (χ1v) is 7.19. The molecule has 1 aromatic rings. The molecule has 0 spiro atoms. The highest BCUT2D eigenvalue weighted by Crippen LogP contribution is 2.24. The summed E-state index contributed by atoms with van der Waals surface area (Å²) < 4.78 is 9.49. The van der Waals surface area contributed by atoms with Crippen molar-refractivity contribution >= 4 is 35.5 Å². The molecule has 0 radical (unpaired) electrons. The van der Waals surface area contributed by atoms with E-state index in [2.05, 4.69) is 4.74 Å². The standard InChI is InChI=1S/C15H15N3O7/c1-3-25-14(22)16-11(19)8-17-12(20)13(21)18(15(17)23)9-4-6-10(24-2)7-5-9/h4-7H,3,8H2,1-2H3,(H,16,19,22). The lowest BCUT2D eigenvalue weighted by molar-refractivity contribution is -0.140. The van der Waals surface area contributed by atoms with Crippen LogP contribution in [0.25, 0.3) is 0 Å². The summed E-state index contributed by atoms with van der Waals surface area (Å²) in [5.74, 6) is -2.72. The van der Waals surface area contributed by atoms with Crippen LogP contribution >= 0.6 is 0 Å². The number of rotatable bonds is 5. The quantitative estimate of drug-likeness (QED) is 0.597. The van der Waals surface area contributed by atoms with E-state index in [1.807, 2.05) is 5.32 Å². The first-order valence-electron chi connectivity index (χ1n) is 7.19. The second kappa shape index (κ2) is 7.43. The minimum absolute atomic E-state index is 0.0461. The van der Waals surface area contributed by atoms with Crippen molar-refractivity contribution in [1.29, 1.82) is 0 Å². The summed E-state index contributed by atoms with van der Waals surface area (Å²) in [6, 6.07) is 4.88. The van der Waals surface area contributed by atoms with Crippen molar-refractivity contribution < 1.29 is 33.4 Å². The Kier molecular flexibility index (Phi) is 5.32. The molecule has 1 saturated heterocycles. The number of urea groups is 1. The minimum Gasteiger partial charge on any atom is -0.497 e. The van der Waals surface area contributed by atoms with Gasteiger partial charge in [0.15, 0.2) is 0 Å². The van der Waals surface area contributed by atoms with Crippen LogP contribution in [0.1, 0.15) is 6.92 Å². The van der Waals surface area contributed by atoms with Crippen LogP contribution in [0.4, 0.5) is 15.3 Å². The number of imide groups is 3. The van der Waals surface area contributed by atoms with Crippen molar-refractivity contribution in [1.82, 2.24) is 10.2 Å². The van der Waals surface area contributed by atoms with Gasteiger partial charge in [-0.3, -0.25) is 19.7 Å². The topological polar surface area (TPSA) is 122 Å². The number of methoxy groups -OCH3 is 1. The van der Waals surface area contributed by atoms with Gasteiger partial charge in [0, 0.05) is 0 Å². The van der Waals surface area contributed by atoms with Gasteiger partial charge in [0.05, 0.1) is 19.4 Å². The van der Waals surface area contributed by atoms with Crippen LogP contribution in [0, 0.1) is 0 Å². The van der Waals surface area contributed by atoms with E-state index in [9.17, 15) is 24.0 Å².